The van der Waals surface area contributed by atoms with Gasteiger partial charge in [0.15, 0.2) is 5.76 Å². The van der Waals surface area contributed by atoms with Crippen molar-refractivity contribution >= 4 is 0 Å². The van der Waals surface area contributed by atoms with Crippen molar-refractivity contribution in [3.05, 3.63) is 18.0 Å². The molecule has 4 heteroatoms. The van der Waals surface area contributed by atoms with Crippen LogP contribution >= 0.6 is 0 Å². The maximum absolute atomic E-state index is 5.06. The number of likely N-dealkylation sites (N-methyl/N-ethyl adjacent to an activating group) is 1. The van der Waals surface area contributed by atoms with E-state index in [1.54, 1.807) is 6.20 Å². The summed E-state index contributed by atoms with van der Waals surface area (Å²) in [6.45, 7) is 3.10. The lowest BCUT2D eigenvalue weighted by Crippen LogP contribution is -2.34. The molecule has 0 amide bonds. The van der Waals surface area contributed by atoms with E-state index in [-0.39, 0.29) is 0 Å². The first-order chi connectivity index (χ1) is 6.84. The van der Waals surface area contributed by atoms with Crippen molar-refractivity contribution in [2.24, 2.45) is 0 Å². The molecule has 0 aliphatic carbocycles. The Morgan fingerprint density at radius 3 is 3.29 bits per heavy atom. The van der Waals surface area contributed by atoms with Crippen LogP contribution in [0.4, 0.5) is 0 Å². The summed E-state index contributed by atoms with van der Waals surface area (Å²) in [4.78, 5) is 2.27. The molecule has 14 heavy (non-hydrogen) atoms. The number of rotatable bonds is 4. The number of hydrogen-bond acceptors (Lipinski definition) is 4. The fourth-order valence-corrected chi connectivity index (χ4v) is 1.94. The van der Waals surface area contributed by atoms with E-state index in [9.17, 15) is 0 Å². The van der Waals surface area contributed by atoms with E-state index in [0.717, 1.165) is 18.8 Å². The fourth-order valence-electron chi connectivity index (χ4n) is 1.94. The second kappa shape index (κ2) is 4.57. The van der Waals surface area contributed by atoms with Gasteiger partial charge in [0.2, 0.25) is 0 Å². The van der Waals surface area contributed by atoms with Gasteiger partial charge in [-0.3, -0.25) is 4.90 Å². The molecule has 1 aliphatic heterocycles. The minimum absolute atomic E-state index is 0.655. The van der Waals surface area contributed by atoms with Crippen LogP contribution in [0.1, 0.15) is 18.6 Å². The van der Waals surface area contributed by atoms with E-state index < -0.39 is 0 Å². The van der Waals surface area contributed by atoms with Crippen LogP contribution in [0.2, 0.25) is 0 Å². The van der Waals surface area contributed by atoms with E-state index in [4.69, 9.17) is 4.52 Å². The summed E-state index contributed by atoms with van der Waals surface area (Å²) in [7, 11) is 2.11. The SMILES string of the molecule is CN(Cc1ccno1)CC1CCCN1. The van der Waals surface area contributed by atoms with Gasteiger partial charge in [-0.1, -0.05) is 5.16 Å². The van der Waals surface area contributed by atoms with Crippen molar-refractivity contribution in [1.82, 2.24) is 15.4 Å². The Kier molecular flexibility index (Phi) is 3.16. The molecule has 1 aromatic heterocycles. The highest BCUT2D eigenvalue weighted by atomic mass is 16.5. The highest BCUT2D eigenvalue weighted by molar-refractivity contribution is 4.92. The Balaban J connectivity index is 1.75. The Morgan fingerprint density at radius 1 is 1.71 bits per heavy atom. The molecule has 2 rings (SSSR count). The first kappa shape index (κ1) is 9.68. The highest BCUT2D eigenvalue weighted by Crippen LogP contribution is 2.08. The number of hydrogen-bond donors (Lipinski definition) is 1. The Hall–Kier alpha value is -0.870. The van der Waals surface area contributed by atoms with Crippen molar-refractivity contribution in [2.45, 2.75) is 25.4 Å². The molecule has 4 nitrogen and oxygen atoms in total. The van der Waals surface area contributed by atoms with Gasteiger partial charge >= 0.3 is 0 Å². The summed E-state index contributed by atoms with van der Waals surface area (Å²) in [5, 5.41) is 7.17. The van der Waals surface area contributed by atoms with Crippen LogP contribution in [0.15, 0.2) is 16.8 Å². The first-order valence-electron chi connectivity index (χ1n) is 5.16. The quantitative estimate of drug-likeness (QED) is 0.773. The molecule has 1 aliphatic rings. The van der Waals surface area contributed by atoms with Crippen molar-refractivity contribution < 1.29 is 4.52 Å². The van der Waals surface area contributed by atoms with Crippen molar-refractivity contribution in [2.75, 3.05) is 20.1 Å². The lowest BCUT2D eigenvalue weighted by Gasteiger charge is -2.19. The molecular formula is C10H17N3O. The minimum atomic E-state index is 0.655. The minimum Gasteiger partial charge on any atom is -0.360 e. The lowest BCUT2D eigenvalue weighted by molar-refractivity contribution is 0.253. The van der Waals surface area contributed by atoms with Gasteiger partial charge in [-0.15, -0.1) is 0 Å². The maximum atomic E-state index is 5.06. The van der Waals surface area contributed by atoms with Gasteiger partial charge in [-0.25, -0.2) is 0 Å². The maximum Gasteiger partial charge on any atom is 0.150 e. The molecule has 0 bridgehead atoms. The van der Waals surface area contributed by atoms with Crippen LogP contribution < -0.4 is 5.32 Å². The summed E-state index contributed by atoms with van der Waals surface area (Å²) in [5.74, 6) is 0.936. The average molecular weight is 195 g/mol. The van der Waals surface area contributed by atoms with Gasteiger partial charge in [-0.2, -0.15) is 0 Å². The predicted molar refractivity (Wildman–Crippen MR) is 53.9 cm³/mol. The van der Waals surface area contributed by atoms with Crippen LogP contribution in [-0.4, -0.2) is 36.2 Å². The van der Waals surface area contributed by atoms with Crippen molar-refractivity contribution in [3.63, 3.8) is 0 Å². The van der Waals surface area contributed by atoms with Crippen LogP contribution in [0.3, 0.4) is 0 Å². The van der Waals surface area contributed by atoms with Gasteiger partial charge in [0.1, 0.15) is 0 Å². The van der Waals surface area contributed by atoms with Crippen molar-refractivity contribution in [3.8, 4) is 0 Å². The van der Waals surface area contributed by atoms with E-state index in [1.165, 1.54) is 19.4 Å². The second-order valence-corrected chi connectivity index (χ2v) is 3.97. The molecule has 0 spiro atoms. The number of aromatic nitrogens is 1. The zero-order valence-electron chi connectivity index (χ0n) is 8.57. The molecule has 0 radical (unpaired) electrons. The van der Waals surface area contributed by atoms with E-state index in [1.807, 2.05) is 6.07 Å². The summed E-state index contributed by atoms with van der Waals surface area (Å²) in [6, 6.07) is 2.57. The van der Waals surface area contributed by atoms with Gasteiger partial charge in [0.05, 0.1) is 12.7 Å². The molecule has 78 valence electrons. The zero-order valence-corrected chi connectivity index (χ0v) is 8.57. The summed E-state index contributed by atoms with van der Waals surface area (Å²) in [6.07, 6.45) is 4.29. The van der Waals surface area contributed by atoms with E-state index >= 15 is 0 Å². The van der Waals surface area contributed by atoms with Gasteiger partial charge in [0, 0.05) is 18.7 Å². The third-order valence-corrected chi connectivity index (χ3v) is 2.61. The third kappa shape index (κ3) is 2.56. The second-order valence-electron chi connectivity index (χ2n) is 3.97. The first-order valence-corrected chi connectivity index (χ1v) is 5.16. The standard InChI is InChI=1S/C10H17N3O/c1-13(7-9-3-2-5-11-9)8-10-4-6-12-14-10/h4,6,9,11H,2-3,5,7-8H2,1H3. The van der Waals surface area contributed by atoms with Crippen LogP contribution in [0.25, 0.3) is 0 Å². The Bertz CT molecular complexity index is 254. The summed E-state index contributed by atoms with van der Waals surface area (Å²) in [5.41, 5.74) is 0. The van der Waals surface area contributed by atoms with Crippen molar-refractivity contribution in [1.29, 1.82) is 0 Å². The number of nitrogens with one attached hydrogen (secondary N) is 1. The largest absolute Gasteiger partial charge is 0.360 e. The van der Waals surface area contributed by atoms with Crippen LogP contribution in [0, 0.1) is 0 Å². The van der Waals surface area contributed by atoms with Gasteiger partial charge < -0.3 is 9.84 Å². The molecule has 0 saturated carbocycles. The Labute approximate surface area is 84.3 Å². The molecule has 1 N–H and O–H groups in total. The molecule has 1 saturated heterocycles. The number of nitrogens with zero attached hydrogens (tertiary/aromatic N) is 2. The molecule has 0 aromatic carbocycles. The normalized spacial score (nSPS) is 22.0. The monoisotopic (exact) mass is 195 g/mol. The molecule has 2 heterocycles. The molecule has 1 fully saturated rings. The molecule has 1 aromatic rings. The van der Waals surface area contributed by atoms with E-state index in [0.29, 0.717) is 6.04 Å². The predicted octanol–water partition coefficient (Wildman–Crippen LogP) is 0.858. The topological polar surface area (TPSA) is 41.3 Å². The van der Waals surface area contributed by atoms with E-state index in [2.05, 4.69) is 22.4 Å². The summed E-state index contributed by atoms with van der Waals surface area (Å²) < 4.78 is 5.06. The zero-order chi connectivity index (χ0) is 9.80. The molecular weight excluding hydrogens is 178 g/mol. The van der Waals surface area contributed by atoms with Crippen LogP contribution in [-0.2, 0) is 6.54 Å². The third-order valence-electron chi connectivity index (χ3n) is 2.61. The van der Waals surface area contributed by atoms with Crippen LogP contribution in [0.5, 0.6) is 0 Å². The molecule has 1 unspecified atom stereocenters. The highest BCUT2D eigenvalue weighted by Gasteiger charge is 2.16. The molecule has 1 atom stereocenters. The van der Waals surface area contributed by atoms with Gasteiger partial charge in [0.25, 0.3) is 0 Å². The Morgan fingerprint density at radius 2 is 2.64 bits per heavy atom. The smallest absolute Gasteiger partial charge is 0.150 e. The summed E-state index contributed by atoms with van der Waals surface area (Å²) >= 11 is 0. The fraction of sp³-hybridized carbons (Fsp3) is 0.700. The average Bonchev–Trinajstić information content (AvgIpc) is 2.76. The lowest BCUT2D eigenvalue weighted by atomic mass is 10.2. The van der Waals surface area contributed by atoms with Gasteiger partial charge in [-0.05, 0) is 26.4 Å².